The monoisotopic (exact) mass is 261 g/mol. The molecular formula is C16H23NO2. The highest BCUT2D eigenvalue weighted by molar-refractivity contribution is 5.76. The van der Waals surface area contributed by atoms with Crippen molar-refractivity contribution in [1.82, 2.24) is 5.32 Å². The predicted octanol–water partition coefficient (Wildman–Crippen LogP) is 3.02. The van der Waals surface area contributed by atoms with Gasteiger partial charge in [0, 0.05) is 12.5 Å². The average Bonchev–Trinajstić information content (AvgIpc) is 2.38. The van der Waals surface area contributed by atoms with E-state index in [2.05, 4.69) is 12.2 Å². The lowest BCUT2D eigenvalue weighted by Crippen LogP contribution is -2.38. The molecule has 1 aromatic rings. The Bertz CT molecular complexity index is 431. The van der Waals surface area contributed by atoms with E-state index in [4.69, 9.17) is 0 Å². The number of para-hydroxylation sites is 1. The standard InChI is InChI=1S/C16H23NO2/c1-12-5-4-7-14(11-12)17-16(19)10-9-13-6-2-3-8-15(13)18/h2-3,6,8,12,14,18H,4-5,7,9-11H2,1H3,(H,17,19). The van der Waals surface area contributed by atoms with Crippen molar-refractivity contribution in [2.45, 2.75) is 51.5 Å². The van der Waals surface area contributed by atoms with Gasteiger partial charge in [0.15, 0.2) is 0 Å². The van der Waals surface area contributed by atoms with E-state index in [0.717, 1.165) is 24.3 Å². The van der Waals surface area contributed by atoms with Crippen molar-refractivity contribution in [3.63, 3.8) is 0 Å². The molecule has 1 fully saturated rings. The van der Waals surface area contributed by atoms with Gasteiger partial charge in [-0.1, -0.05) is 38.0 Å². The molecule has 104 valence electrons. The summed E-state index contributed by atoms with van der Waals surface area (Å²) in [7, 11) is 0. The van der Waals surface area contributed by atoms with Crippen LogP contribution < -0.4 is 5.32 Å². The molecule has 19 heavy (non-hydrogen) atoms. The van der Waals surface area contributed by atoms with E-state index in [1.807, 2.05) is 12.1 Å². The van der Waals surface area contributed by atoms with Crippen LogP contribution in [0.3, 0.4) is 0 Å². The van der Waals surface area contributed by atoms with Gasteiger partial charge in [0.05, 0.1) is 0 Å². The summed E-state index contributed by atoms with van der Waals surface area (Å²) in [6.45, 7) is 2.25. The van der Waals surface area contributed by atoms with Gasteiger partial charge in [0.25, 0.3) is 0 Å². The number of amides is 1. The van der Waals surface area contributed by atoms with Crippen LogP contribution in [0.5, 0.6) is 5.75 Å². The fraction of sp³-hybridized carbons (Fsp3) is 0.562. The van der Waals surface area contributed by atoms with E-state index in [1.165, 1.54) is 12.8 Å². The lowest BCUT2D eigenvalue weighted by molar-refractivity contribution is -0.122. The maximum Gasteiger partial charge on any atom is 0.220 e. The molecule has 0 heterocycles. The second-order valence-corrected chi connectivity index (χ2v) is 5.66. The highest BCUT2D eigenvalue weighted by Crippen LogP contribution is 2.23. The van der Waals surface area contributed by atoms with Gasteiger partial charge in [-0.3, -0.25) is 4.79 Å². The largest absolute Gasteiger partial charge is 0.508 e. The third-order valence-corrected chi connectivity index (χ3v) is 3.91. The maximum absolute atomic E-state index is 11.9. The van der Waals surface area contributed by atoms with Gasteiger partial charge >= 0.3 is 0 Å². The molecule has 3 nitrogen and oxygen atoms in total. The fourth-order valence-electron chi connectivity index (χ4n) is 2.84. The van der Waals surface area contributed by atoms with Crippen molar-refractivity contribution in [2.24, 2.45) is 5.92 Å². The molecule has 0 saturated heterocycles. The summed E-state index contributed by atoms with van der Waals surface area (Å²) < 4.78 is 0. The molecule has 0 spiro atoms. The number of carbonyl (C=O) groups excluding carboxylic acids is 1. The Kier molecular flexibility index (Phi) is 4.83. The van der Waals surface area contributed by atoms with Crippen LogP contribution in [0.4, 0.5) is 0 Å². The first-order valence-electron chi connectivity index (χ1n) is 7.21. The minimum atomic E-state index is 0.0994. The lowest BCUT2D eigenvalue weighted by Gasteiger charge is -2.27. The molecule has 1 saturated carbocycles. The quantitative estimate of drug-likeness (QED) is 0.875. The Balaban J connectivity index is 1.77. The Hall–Kier alpha value is -1.51. The number of carbonyl (C=O) groups is 1. The van der Waals surface area contributed by atoms with Gasteiger partial charge < -0.3 is 10.4 Å². The van der Waals surface area contributed by atoms with Crippen LogP contribution in [0.2, 0.25) is 0 Å². The molecule has 1 amide bonds. The number of hydrogen-bond donors (Lipinski definition) is 2. The third-order valence-electron chi connectivity index (χ3n) is 3.91. The number of nitrogens with one attached hydrogen (secondary N) is 1. The molecule has 0 radical (unpaired) electrons. The van der Waals surface area contributed by atoms with Gasteiger partial charge in [0.1, 0.15) is 5.75 Å². The van der Waals surface area contributed by atoms with Crippen LogP contribution >= 0.6 is 0 Å². The van der Waals surface area contributed by atoms with E-state index >= 15 is 0 Å². The van der Waals surface area contributed by atoms with Crippen LogP contribution in [0, 0.1) is 5.92 Å². The molecule has 2 unspecified atom stereocenters. The molecule has 3 heteroatoms. The molecule has 2 atom stereocenters. The van der Waals surface area contributed by atoms with E-state index in [9.17, 15) is 9.90 Å². The Morgan fingerprint density at radius 1 is 1.37 bits per heavy atom. The number of benzene rings is 1. The normalized spacial score (nSPS) is 23.0. The Morgan fingerprint density at radius 3 is 2.89 bits per heavy atom. The molecule has 1 aromatic carbocycles. The van der Waals surface area contributed by atoms with Crippen LogP contribution in [-0.4, -0.2) is 17.1 Å². The number of aryl methyl sites for hydroxylation is 1. The fourth-order valence-corrected chi connectivity index (χ4v) is 2.84. The first-order chi connectivity index (χ1) is 9.15. The highest BCUT2D eigenvalue weighted by atomic mass is 16.3. The minimum absolute atomic E-state index is 0.0994. The smallest absolute Gasteiger partial charge is 0.220 e. The zero-order valence-corrected chi connectivity index (χ0v) is 11.6. The number of phenolic OH excluding ortho intramolecular Hbond substituents is 1. The summed E-state index contributed by atoms with van der Waals surface area (Å²) in [5, 5.41) is 12.8. The summed E-state index contributed by atoms with van der Waals surface area (Å²) in [5.41, 5.74) is 0.842. The van der Waals surface area contributed by atoms with Gasteiger partial charge in [-0.15, -0.1) is 0 Å². The van der Waals surface area contributed by atoms with Crippen LogP contribution in [0.25, 0.3) is 0 Å². The summed E-state index contributed by atoms with van der Waals surface area (Å²) in [6, 6.07) is 7.56. The van der Waals surface area contributed by atoms with Gasteiger partial charge in [-0.05, 0) is 36.8 Å². The van der Waals surface area contributed by atoms with Gasteiger partial charge in [-0.25, -0.2) is 0 Å². The molecule has 0 aromatic heterocycles. The summed E-state index contributed by atoms with van der Waals surface area (Å²) in [6.07, 6.45) is 5.74. The number of rotatable bonds is 4. The van der Waals surface area contributed by atoms with Gasteiger partial charge in [0.2, 0.25) is 5.91 Å². The Labute approximate surface area is 115 Å². The van der Waals surface area contributed by atoms with E-state index in [0.29, 0.717) is 18.9 Å². The van der Waals surface area contributed by atoms with Crippen molar-refractivity contribution in [3.8, 4) is 5.75 Å². The lowest BCUT2D eigenvalue weighted by atomic mass is 9.87. The van der Waals surface area contributed by atoms with Crippen LogP contribution in [0.1, 0.15) is 44.6 Å². The first-order valence-corrected chi connectivity index (χ1v) is 7.21. The van der Waals surface area contributed by atoms with E-state index in [1.54, 1.807) is 12.1 Å². The van der Waals surface area contributed by atoms with Crippen molar-refractivity contribution in [3.05, 3.63) is 29.8 Å². The molecule has 2 N–H and O–H groups in total. The molecule has 1 aliphatic carbocycles. The molecule has 0 aliphatic heterocycles. The highest BCUT2D eigenvalue weighted by Gasteiger charge is 2.20. The summed E-state index contributed by atoms with van der Waals surface area (Å²) in [4.78, 5) is 11.9. The molecule has 1 aliphatic rings. The van der Waals surface area contributed by atoms with Crippen molar-refractivity contribution in [1.29, 1.82) is 0 Å². The molecule has 2 rings (SSSR count). The number of hydrogen-bond acceptors (Lipinski definition) is 2. The second kappa shape index (κ2) is 6.60. The van der Waals surface area contributed by atoms with Crippen molar-refractivity contribution in [2.75, 3.05) is 0 Å². The zero-order valence-electron chi connectivity index (χ0n) is 11.6. The Morgan fingerprint density at radius 2 is 2.16 bits per heavy atom. The van der Waals surface area contributed by atoms with Gasteiger partial charge in [-0.2, -0.15) is 0 Å². The van der Waals surface area contributed by atoms with E-state index in [-0.39, 0.29) is 11.7 Å². The molecule has 0 bridgehead atoms. The number of phenols is 1. The SMILES string of the molecule is CC1CCCC(NC(=O)CCc2ccccc2O)C1. The maximum atomic E-state index is 11.9. The van der Waals surface area contributed by atoms with Crippen LogP contribution in [-0.2, 0) is 11.2 Å². The topological polar surface area (TPSA) is 49.3 Å². The van der Waals surface area contributed by atoms with Crippen LogP contribution in [0.15, 0.2) is 24.3 Å². The summed E-state index contributed by atoms with van der Waals surface area (Å²) >= 11 is 0. The van der Waals surface area contributed by atoms with E-state index < -0.39 is 0 Å². The molecular weight excluding hydrogens is 238 g/mol. The number of aromatic hydroxyl groups is 1. The summed E-state index contributed by atoms with van der Waals surface area (Å²) in [5.74, 6) is 1.10. The van der Waals surface area contributed by atoms with Crippen molar-refractivity contribution < 1.29 is 9.90 Å². The first kappa shape index (κ1) is 13.9. The average molecular weight is 261 g/mol. The zero-order chi connectivity index (χ0) is 13.7. The van der Waals surface area contributed by atoms with Crippen molar-refractivity contribution >= 4 is 5.91 Å². The predicted molar refractivity (Wildman–Crippen MR) is 76.0 cm³/mol. The second-order valence-electron chi connectivity index (χ2n) is 5.66. The third kappa shape index (κ3) is 4.27. The minimum Gasteiger partial charge on any atom is -0.508 e.